The maximum Gasteiger partial charge on any atom is 0.125 e. The molecule has 66 valence electrons. The molecule has 5 N–H and O–H groups in total. The Morgan fingerprint density at radius 1 is 1.42 bits per heavy atom. The molecule has 0 fully saturated rings. The van der Waals surface area contributed by atoms with E-state index in [-0.39, 0.29) is 5.82 Å². The van der Waals surface area contributed by atoms with Crippen molar-refractivity contribution in [1.29, 1.82) is 0 Å². The Morgan fingerprint density at radius 3 is 2.83 bits per heavy atom. The summed E-state index contributed by atoms with van der Waals surface area (Å²) in [6.07, 6.45) is 0. The van der Waals surface area contributed by atoms with Gasteiger partial charge in [-0.05, 0) is 18.2 Å². The van der Waals surface area contributed by atoms with Crippen molar-refractivity contribution >= 4 is 11.4 Å². The molecule has 0 radical (unpaired) electrons. The zero-order valence-corrected chi connectivity index (χ0v) is 6.68. The molecule has 0 spiro atoms. The van der Waals surface area contributed by atoms with E-state index >= 15 is 0 Å². The maximum absolute atomic E-state index is 12.6. The summed E-state index contributed by atoms with van der Waals surface area (Å²) in [5.41, 5.74) is 12.0. The lowest BCUT2D eigenvalue weighted by molar-refractivity contribution is 0.628. The Labute approximate surface area is 70.6 Å². The van der Waals surface area contributed by atoms with E-state index in [9.17, 15) is 4.39 Å². The average Bonchev–Trinajstić information content (AvgIpc) is 2.07. The Hall–Kier alpha value is -1.29. The number of halogens is 1. The van der Waals surface area contributed by atoms with Crippen LogP contribution in [0.3, 0.4) is 0 Å². The summed E-state index contributed by atoms with van der Waals surface area (Å²) in [6.45, 7) is 1.09. The molecule has 12 heavy (non-hydrogen) atoms. The van der Waals surface area contributed by atoms with Crippen LogP contribution in [0.4, 0.5) is 15.8 Å². The fraction of sp³-hybridized carbons (Fsp3) is 0.250. The third-order valence-electron chi connectivity index (χ3n) is 1.48. The van der Waals surface area contributed by atoms with Gasteiger partial charge in [0, 0.05) is 13.1 Å². The first-order valence-corrected chi connectivity index (χ1v) is 3.73. The predicted octanol–water partition coefficient (Wildman–Crippen LogP) is 0.779. The van der Waals surface area contributed by atoms with Gasteiger partial charge in [0.15, 0.2) is 0 Å². The summed E-state index contributed by atoms with van der Waals surface area (Å²) >= 11 is 0. The minimum atomic E-state index is -0.302. The van der Waals surface area contributed by atoms with Crippen molar-refractivity contribution in [3.8, 4) is 0 Å². The van der Waals surface area contributed by atoms with Crippen molar-refractivity contribution in [2.75, 3.05) is 24.1 Å². The summed E-state index contributed by atoms with van der Waals surface area (Å²) in [5, 5.41) is 2.91. The fourth-order valence-electron chi connectivity index (χ4n) is 0.888. The Balaban J connectivity index is 2.75. The second kappa shape index (κ2) is 3.92. The lowest BCUT2D eigenvalue weighted by Crippen LogP contribution is -2.14. The number of anilines is 2. The van der Waals surface area contributed by atoms with E-state index in [0.717, 1.165) is 0 Å². The van der Waals surface area contributed by atoms with Crippen LogP contribution >= 0.6 is 0 Å². The van der Waals surface area contributed by atoms with Gasteiger partial charge >= 0.3 is 0 Å². The molecule has 0 aromatic heterocycles. The van der Waals surface area contributed by atoms with Gasteiger partial charge in [0.25, 0.3) is 0 Å². The van der Waals surface area contributed by atoms with Gasteiger partial charge in [-0.25, -0.2) is 4.39 Å². The van der Waals surface area contributed by atoms with Gasteiger partial charge in [-0.2, -0.15) is 0 Å². The number of benzene rings is 1. The lowest BCUT2D eigenvalue weighted by atomic mass is 10.2. The van der Waals surface area contributed by atoms with Crippen LogP contribution < -0.4 is 16.8 Å². The van der Waals surface area contributed by atoms with Crippen molar-refractivity contribution in [2.24, 2.45) is 5.73 Å². The highest BCUT2D eigenvalue weighted by atomic mass is 19.1. The number of rotatable bonds is 3. The molecule has 3 nitrogen and oxygen atoms in total. The topological polar surface area (TPSA) is 64.1 Å². The van der Waals surface area contributed by atoms with Gasteiger partial charge in [0.05, 0.1) is 11.4 Å². The monoisotopic (exact) mass is 169 g/mol. The highest BCUT2D eigenvalue weighted by Crippen LogP contribution is 2.18. The van der Waals surface area contributed by atoms with Crippen molar-refractivity contribution < 1.29 is 4.39 Å². The number of hydrogen-bond acceptors (Lipinski definition) is 3. The van der Waals surface area contributed by atoms with Crippen LogP contribution in [0.5, 0.6) is 0 Å². The first-order valence-electron chi connectivity index (χ1n) is 3.73. The SMILES string of the molecule is NCCNc1cc(F)ccc1N. The Bertz CT molecular complexity index is 262. The van der Waals surface area contributed by atoms with Gasteiger partial charge in [-0.1, -0.05) is 0 Å². The standard InChI is InChI=1S/C8H12FN3/c9-6-1-2-7(11)8(5-6)12-4-3-10/h1-2,5,12H,3-4,10-11H2. The van der Waals surface area contributed by atoms with E-state index in [1.54, 1.807) is 0 Å². The van der Waals surface area contributed by atoms with Crippen LogP contribution in [0.15, 0.2) is 18.2 Å². The zero-order chi connectivity index (χ0) is 8.97. The summed E-state index contributed by atoms with van der Waals surface area (Å²) in [5.74, 6) is -0.302. The highest BCUT2D eigenvalue weighted by molar-refractivity contribution is 5.65. The van der Waals surface area contributed by atoms with E-state index < -0.39 is 0 Å². The third kappa shape index (κ3) is 2.10. The molecule has 1 rings (SSSR count). The summed E-state index contributed by atoms with van der Waals surface area (Å²) in [6, 6.07) is 4.20. The van der Waals surface area contributed by atoms with Gasteiger partial charge in [-0.3, -0.25) is 0 Å². The molecule has 0 aliphatic carbocycles. The van der Waals surface area contributed by atoms with Crippen LogP contribution in [0.1, 0.15) is 0 Å². The molecule has 0 amide bonds. The quantitative estimate of drug-likeness (QED) is 0.586. The molecule has 0 aliphatic rings. The predicted molar refractivity (Wildman–Crippen MR) is 48.4 cm³/mol. The minimum absolute atomic E-state index is 0.302. The fourth-order valence-corrected chi connectivity index (χ4v) is 0.888. The summed E-state index contributed by atoms with van der Waals surface area (Å²) < 4.78 is 12.6. The molecule has 0 saturated heterocycles. The average molecular weight is 169 g/mol. The highest BCUT2D eigenvalue weighted by Gasteiger charge is 1.98. The molecular formula is C8H12FN3. The molecule has 1 aromatic carbocycles. The Kier molecular flexibility index (Phi) is 2.88. The second-order valence-corrected chi connectivity index (χ2v) is 2.45. The van der Waals surface area contributed by atoms with Crippen molar-refractivity contribution in [3.05, 3.63) is 24.0 Å². The molecule has 0 aliphatic heterocycles. The van der Waals surface area contributed by atoms with Crippen LogP contribution in [0.2, 0.25) is 0 Å². The van der Waals surface area contributed by atoms with Crippen LogP contribution in [-0.4, -0.2) is 13.1 Å². The normalized spacial score (nSPS) is 9.83. The Morgan fingerprint density at radius 2 is 2.17 bits per heavy atom. The largest absolute Gasteiger partial charge is 0.397 e. The summed E-state index contributed by atoms with van der Waals surface area (Å²) in [4.78, 5) is 0. The first-order chi connectivity index (χ1) is 5.74. The third-order valence-corrected chi connectivity index (χ3v) is 1.48. The number of nitrogens with one attached hydrogen (secondary N) is 1. The van der Waals surface area contributed by atoms with Crippen LogP contribution in [0, 0.1) is 5.82 Å². The number of nitrogens with two attached hydrogens (primary N) is 2. The maximum atomic E-state index is 12.6. The first kappa shape index (κ1) is 8.80. The number of nitrogen functional groups attached to an aromatic ring is 1. The van der Waals surface area contributed by atoms with Gasteiger partial charge in [-0.15, -0.1) is 0 Å². The molecule has 0 heterocycles. The van der Waals surface area contributed by atoms with E-state index in [1.807, 2.05) is 0 Å². The van der Waals surface area contributed by atoms with Gasteiger partial charge < -0.3 is 16.8 Å². The molecule has 0 bridgehead atoms. The summed E-state index contributed by atoms with van der Waals surface area (Å²) in [7, 11) is 0. The second-order valence-electron chi connectivity index (χ2n) is 2.45. The molecule has 0 atom stereocenters. The lowest BCUT2D eigenvalue weighted by Gasteiger charge is -2.07. The molecule has 1 aromatic rings. The molecular weight excluding hydrogens is 157 g/mol. The molecule has 0 unspecified atom stereocenters. The number of hydrogen-bond donors (Lipinski definition) is 3. The van der Waals surface area contributed by atoms with Crippen LogP contribution in [-0.2, 0) is 0 Å². The minimum Gasteiger partial charge on any atom is -0.397 e. The van der Waals surface area contributed by atoms with Gasteiger partial charge in [0.1, 0.15) is 5.82 Å². The van der Waals surface area contributed by atoms with Crippen LogP contribution in [0.25, 0.3) is 0 Å². The van der Waals surface area contributed by atoms with Crippen molar-refractivity contribution in [2.45, 2.75) is 0 Å². The molecule has 4 heteroatoms. The van der Waals surface area contributed by atoms with Crippen molar-refractivity contribution in [3.63, 3.8) is 0 Å². The smallest absolute Gasteiger partial charge is 0.125 e. The zero-order valence-electron chi connectivity index (χ0n) is 6.68. The van der Waals surface area contributed by atoms with E-state index in [2.05, 4.69) is 5.32 Å². The molecule has 0 saturated carbocycles. The van der Waals surface area contributed by atoms with E-state index in [4.69, 9.17) is 11.5 Å². The van der Waals surface area contributed by atoms with Gasteiger partial charge in [0.2, 0.25) is 0 Å². The van der Waals surface area contributed by atoms with E-state index in [0.29, 0.717) is 24.5 Å². The van der Waals surface area contributed by atoms with Crippen molar-refractivity contribution in [1.82, 2.24) is 0 Å². The van der Waals surface area contributed by atoms with E-state index in [1.165, 1.54) is 18.2 Å².